The summed E-state index contributed by atoms with van der Waals surface area (Å²) in [5.74, 6) is 2.49. The molecule has 0 radical (unpaired) electrons. The summed E-state index contributed by atoms with van der Waals surface area (Å²) >= 11 is 7.93. The van der Waals surface area contributed by atoms with Crippen LogP contribution in [0.5, 0.6) is 11.5 Å². The monoisotopic (exact) mass is 526 g/mol. The molecule has 3 rings (SSSR count). The van der Waals surface area contributed by atoms with Crippen LogP contribution in [-0.4, -0.2) is 0 Å². The van der Waals surface area contributed by atoms with Crippen LogP contribution in [0.1, 0.15) is 94.1 Å². The normalized spacial score (nSPS) is 15.6. The first-order chi connectivity index (χ1) is 16.9. The van der Waals surface area contributed by atoms with Crippen molar-refractivity contribution in [1.82, 2.24) is 0 Å². The van der Waals surface area contributed by atoms with E-state index in [1.165, 1.54) is 16.7 Å². The molecule has 0 aliphatic rings. The molecule has 3 atom stereocenters. The van der Waals surface area contributed by atoms with Gasteiger partial charge < -0.3 is 9.05 Å². The van der Waals surface area contributed by atoms with Gasteiger partial charge in [0.15, 0.2) is 0 Å². The average Bonchev–Trinajstić information content (AvgIpc) is 2.85. The molecule has 188 valence electrons. The minimum Gasteiger partial charge on any atom is -0.428 e. The van der Waals surface area contributed by atoms with Gasteiger partial charge >= 0.3 is 5.69 Å². The first kappa shape index (κ1) is 27.8. The van der Waals surface area contributed by atoms with Crippen molar-refractivity contribution >= 4 is 28.9 Å². The molecule has 0 aliphatic heterocycles. The Morgan fingerprint density at radius 2 is 1.11 bits per heavy atom. The smallest absolute Gasteiger partial charge is 0.349 e. The molecule has 3 aromatic rings. The number of benzene rings is 3. The average molecular weight is 527 g/mol. The standard InChI is InChI=1S/C30H39O2PS2/c1-6-15-23(3)27-19-11-13-21-29(27)31-33(34,35-25(5)26-17-9-8-10-18-26)32-30-22-14-12-20-28(30)24(4)16-7-2/h8-14,17-25H,6-7,15-16H2,1-5H3. The molecule has 0 amide bonds. The van der Waals surface area contributed by atoms with Gasteiger partial charge in [0.1, 0.15) is 11.5 Å². The Labute approximate surface area is 221 Å². The van der Waals surface area contributed by atoms with Gasteiger partial charge in [0.25, 0.3) is 0 Å². The van der Waals surface area contributed by atoms with Gasteiger partial charge in [0.2, 0.25) is 0 Å². The SMILES string of the molecule is CCCC(C)c1ccccc1OP(=S)(Oc1ccccc1C(C)CCC)SC(C)c1ccccc1. The lowest BCUT2D eigenvalue weighted by Gasteiger charge is -2.29. The molecule has 0 aromatic heterocycles. The van der Waals surface area contributed by atoms with Crippen LogP contribution in [-0.2, 0) is 11.8 Å². The van der Waals surface area contributed by atoms with E-state index in [2.05, 4.69) is 83.1 Å². The molecule has 0 fully saturated rings. The molecule has 0 heterocycles. The van der Waals surface area contributed by atoms with Gasteiger partial charge in [0.05, 0.1) is 0 Å². The number of hydrogen-bond acceptors (Lipinski definition) is 4. The molecule has 3 unspecified atom stereocenters. The maximum absolute atomic E-state index is 6.76. The molecule has 0 spiro atoms. The highest BCUT2D eigenvalue weighted by molar-refractivity contribution is 8.68. The molecule has 0 saturated carbocycles. The van der Waals surface area contributed by atoms with E-state index in [9.17, 15) is 0 Å². The molecule has 35 heavy (non-hydrogen) atoms. The number of para-hydroxylation sites is 2. The lowest BCUT2D eigenvalue weighted by atomic mass is 9.96. The predicted molar refractivity (Wildman–Crippen MR) is 158 cm³/mol. The summed E-state index contributed by atoms with van der Waals surface area (Å²) in [6.45, 7) is 11.2. The Balaban J connectivity index is 1.99. The third-order valence-electron chi connectivity index (χ3n) is 6.32. The predicted octanol–water partition coefficient (Wildman–Crippen LogP) is 10.7. The van der Waals surface area contributed by atoms with Crippen LogP contribution >= 0.6 is 17.1 Å². The summed E-state index contributed by atoms with van der Waals surface area (Å²) in [5, 5.41) is 0.141. The Morgan fingerprint density at radius 3 is 1.57 bits per heavy atom. The lowest BCUT2D eigenvalue weighted by Crippen LogP contribution is -2.05. The van der Waals surface area contributed by atoms with Gasteiger partial charge in [-0.2, -0.15) is 0 Å². The second-order valence-electron chi connectivity index (χ2n) is 9.24. The van der Waals surface area contributed by atoms with E-state index in [-0.39, 0.29) is 5.25 Å². The third-order valence-corrected chi connectivity index (χ3v) is 11.4. The largest absolute Gasteiger partial charge is 0.428 e. The van der Waals surface area contributed by atoms with Gasteiger partial charge in [-0.05, 0) is 83.6 Å². The van der Waals surface area contributed by atoms with E-state index in [4.69, 9.17) is 20.9 Å². The fourth-order valence-electron chi connectivity index (χ4n) is 4.40. The van der Waals surface area contributed by atoms with E-state index in [1.807, 2.05) is 30.3 Å². The second-order valence-corrected chi connectivity index (χ2v) is 15.6. The summed E-state index contributed by atoms with van der Waals surface area (Å²) in [4.78, 5) is 0. The van der Waals surface area contributed by atoms with Crippen molar-refractivity contribution in [2.75, 3.05) is 0 Å². The minimum atomic E-state index is -2.81. The van der Waals surface area contributed by atoms with E-state index in [0.717, 1.165) is 37.2 Å². The summed E-state index contributed by atoms with van der Waals surface area (Å²) in [5.41, 5.74) is 0.819. The van der Waals surface area contributed by atoms with Crippen molar-refractivity contribution in [1.29, 1.82) is 0 Å². The van der Waals surface area contributed by atoms with E-state index in [1.54, 1.807) is 11.4 Å². The van der Waals surface area contributed by atoms with Crippen LogP contribution < -0.4 is 9.05 Å². The Kier molecular flexibility index (Phi) is 10.8. The van der Waals surface area contributed by atoms with Crippen LogP contribution in [0.15, 0.2) is 78.9 Å². The molecular formula is C30H39O2PS2. The van der Waals surface area contributed by atoms with Crippen LogP contribution in [0.2, 0.25) is 0 Å². The topological polar surface area (TPSA) is 18.5 Å². The first-order valence-electron chi connectivity index (χ1n) is 12.8. The summed E-state index contributed by atoms with van der Waals surface area (Å²) < 4.78 is 13.5. The Bertz CT molecular complexity index is 1040. The van der Waals surface area contributed by atoms with Crippen molar-refractivity contribution < 1.29 is 9.05 Å². The summed E-state index contributed by atoms with van der Waals surface area (Å²) in [6.07, 6.45) is 4.47. The lowest BCUT2D eigenvalue weighted by molar-refractivity contribution is 0.489. The molecule has 0 N–H and O–H groups in total. The van der Waals surface area contributed by atoms with Gasteiger partial charge in [0, 0.05) is 5.25 Å². The third kappa shape index (κ3) is 7.87. The highest BCUT2D eigenvalue weighted by atomic mass is 32.9. The highest BCUT2D eigenvalue weighted by Crippen LogP contribution is 2.65. The zero-order valence-electron chi connectivity index (χ0n) is 21.6. The van der Waals surface area contributed by atoms with Gasteiger partial charge in [-0.15, -0.1) is 0 Å². The molecule has 0 saturated heterocycles. The van der Waals surface area contributed by atoms with Crippen molar-refractivity contribution in [3.63, 3.8) is 0 Å². The fraction of sp³-hybridized carbons (Fsp3) is 0.400. The molecule has 5 heteroatoms. The van der Waals surface area contributed by atoms with Crippen molar-refractivity contribution in [3.05, 3.63) is 95.6 Å². The summed E-state index contributed by atoms with van der Waals surface area (Å²) in [7, 11) is 0. The highest BCUT2D eigenvalue weighted by Gasteiger charge is 2.30. The minimum absolute atomic E-state index is 0.141. The number of rotatable bonds is 13. The zero-order valence-corrected chi connectivity index (χ0v) is 24.2. The van der Waals surface area contributed by atoms with E-state index < -0.39 is 5.69 Å². The van der Waals surface area contributed by atoms with Crippen LogP contribution in [0.3, 0.4) is 0 Å². The van der Waals surface area contributed by atoms with Crippen molar-refractivity contribution in [3.8, 4) is 11.5 Å². The fourth-order valence-corrected chi connectivity index (χ4v) is 9.91. The van der Waals surface area contributed by atoms with Crippen molar-refractivity contribution in [2.24, 2.45) is 0 Å². The Morgan fingerprint density at radius 1 is 0.686 bits per heavy atom. The molecule has 0 aliphatic carbocycles. The molecular weight excluding hydrogens is 487 g/mol. The maximum atomic E-state index is 6.76. The maximum Gasteiger partial charge on any atom is 0.349 e. The van der Waals surface area contributed by atoms with Gasteiger partial charge in [-0.1, -0.05) is 107 Å². The number of hydrogen-bond donors (Lipinski definition) is 0. The van der Waals surface area contributed by atoms with Crippen LogP contribution in [0.25, 0.3) is 0 Å². The molecule has 2 nitrogen and oxygen atoms in total. The van der Waals surface area contributed by atoms with Crippen LogP contribution in [0, 0.1) is 0 Å². The molecule has 0 bridgehead atoms. The first-order valence-corrected chi connectivity index (χ1v) is 16.9. The van der Waals surface area contributed by atoms with Gasteiger partial charge in [-0.3, -0.25) is 0 Å². The summed E-state index contributed by atoms with van der Waals surface area (Å²) in [6, 6.07) is 27.1. The van der Waals surface area contributed by atoms with E-state index in [0.29, 0.717) is 11.8 Å². The second kappa shape index (κ2) is 13.5. The van der Waals surface area contributed by atoms with Crippen LogP contribution in [0.4, 0.5) is 0 Å². The van der Waals surface area contributed by atoms with E-state index >= 15 is 0 Å². The Hall–Kier alpha value is -1.74. The van der Waals surface area contributed by atoms with Gasteiger partial charge in [-0.25, -0.2) is 0 Å². The molecule has 3 aromatic carbocycles. The van der Waals surface area contributed by atoms with Crippen molar-refractivity contribution in [2.45, 2.75) is 77.4 Å². The zero-order chi connectivity index (χ0) is 25.3. The quantitative estimate of drug-likeness (QED) is 0.206.